The SMILES string of the molecule is COC(=O)N1CCN(C(=O)c2ccccn2)CC1. The standard InChI is InChI=1S/C12H15N3O3/c1-18-12(17)15-8-6-14(7-9-15)11(16)10-4-2-3-5-13-10/h2-5H,6-9H2,1H3. The van der Waals surface area contributed by atoms with Crippen molar-refractivity contribution in [3.8, 4) is 0 Å². The van der Waals surface area contributed by atoms with E-state index in [1.165, 1.54) is 7.11 Å². The van der Waals surface area contributed by atoms with Gasteiger partial charge in [0.25, 0.3) is 5.91 Å². The first-order chi connectivity index (χ1) is 8.72. The number of piperazine rings is 1. The van der Waals surface area contributed by atoms with Crippen LogP contribution < -0.4 is 0 Å². The summed E-state index contributed by atoms with van der Waals surface area (Å²) in [7, 11) is 1.35. The van der Waals surface area contributed by atoms with Gasteiger partial charge >= 0.3 is 6.09 Å². The Morgan fingerprint density at radius 3 is 2.39 bits per heavy atom. The highest BCUT2D eigenvalue weighted by Gasteiger charge is 2.25. The molecule has 2 heterocycles. The Hall–Kier alpha value is -2.11. The van der Waals surface area contributed by atoms with E-state index in [2.05, 4.69) is 9.72 Å². The van der Waals surface area contributed by atoms with Crippen LogP contribution in [0.3, 0.4) is 0 Å². The summed E-state index contributed by atoms with van der Waals surface area (Å²) < 4.78 is 4.64. The molecule has 1 saturated heterocycles. The van der Waals surface area contributed by atoms with E-state index in [0.717, 1.165) is 0 Å². The molecule has 1 aliphatic rings. The van der Waals surface area contributed by atoms with Gasteiger partial charge in [0, 0.05) is 32.4 Å². The van der Waals surface area contributed by atoms with Crippen LogP contribution in [0.25, 0.3) is 0 Å². The number of aromatic nitrogens is 1. The van der Waals surface area contributed by atoms with Crippen LogP contribution in [-0.4, -0.2) is 60.1 Å². The van der Waals surface area contributed by atoms with Gasteiger partial charge in [-0.1, -0.05) is 6.07 Å². The lowest BCUT2D eigenvalue weighted by molar-refractivity contribution is 0.0594. The number of rotatable bonds is 1. The molecular weight excluding hydrogens is 234 g/mol. The summed E-state index contributed by atoms with van der Waals surface area (Å²) in [6.45, 7) is 1.99. The molecule has 1 fully saturated rings. The maximum Gasteiger partial charge on any atom is 0.409 e. The summed E-state index contributed by atoms with van der Waals surface area (Å²) in [5.74, 6) is -0.0971. The van der Waals surface area contributed by atoms with Crippen molar-refractivity contribution in [3.05, 3.63) is 30.1 Å². The van der Waals surface area contributed by atoms with Crippen molar-refractivity contribution >= 4 is 12.0 Å². The molecule has 1 aromatic rings. The summed E-state index contributed by atoms with van der Waals surface area (Å²) in [4.78, 5) is 30.7. The summed E-state index contributed by atoms with van der Waals surface area (Å²) >= 11 is 0. The molecule has 6 nitrogen and oxygen atoms in total. The number of amides is 2. The van der Waals surface area contributed by atoms with Gasteiger partial charge in [-0.15, -0.1) is 0 Å². The smallest absolute Gasteiger partial charge is 0.409 e. The van der Waals surface area contributed by atoms with Crippen LogP contribution in [0.2, 0.25) is 0 Å². The first kappa shape index (κ1) is 12.3. The Morgan fingerprint density at radius 1 is 1.17 bits per heavy atom. The van der Waals surface area contributed by atoms with Gasteiger partial charge in [-0.25, -0.2) is 4.79 Å². The van der Waals surface area contributed by atoms with Crippen molar-refractivity contribution in [1.82, 2.24) is 14.8 Å². The van der Waals surface area contributed by atoms with Crippen molar-refractivity contribution in [3.63, 3.8) is 0 Å². The number of carbonyl (C=O) groups is 2. The molecule has 0 bridgehead atoms. The summed E-state index contributed by atoms with van der Waals surface area (Å²) in [5, 5.41) is 0. The first-order valence-electron chi connectivity index (χ1n) is 5.75. The Labute approximate surface area is 105 Å². The Kier molecular flexibility index (Phi) is 3.76. The van der Waals surface area contributed by atoms with E-state index in [4.69, 9.17) is 0 Å². The van der Waals surface area contributed by atoms with Gasteiger partial charge < -0.3 is 14.5 Å². The molecule has 0 aromatic carbocycles. The highest BCUT2D eigenvalue weighted by molar-refractivity contribution is 5.92. The second-order valence-electron chi connectivity index (χ2n) is 3.96. The molecule has 1 aromatic heterocycles. The molecule has 2 rings (SSSR count). The van der Waals surface area contributed by atoms with Crippen molar-refractivity contribution in [1.29, 1.82) is 0 Å². The fourth-order valence-corrected chi connectivity index (χ4v) is 1.87. The van der Waals surface area contributed by atoms with Crippen LogP contribution in [0.1, 0.15) is 10.5 Å². The van der Waals surface area contributed by atoms with Crippen molar-refractivity contribution < 1.29 is 14.3 Å². The zero-order valence-corrected chi connectivity index (χ0v) is 10.2. The number of carbonyl (C=O) groups excluding carboxylic acids is 2. The summed E-state index contributed by atoms with van der Waals surface area (Å²) in [5.41, 5.74) is 0.434. The molecular formula is C12H15N3O3. The lowest BCUT2D eigenvalue weighted by atomic mass is 10.2. The van der Waals surface area contributed by atoms with Crippen LogP contribution in [0.5, 0.6) is 0 Å². The quantitative estimate of drug-likeness (QED) is 0.731. The minimum Gasteiger partial charge on any atom is -0.453 e. The second-order valence-corrected chi connectivity index (χ2v) is 3.96. The fourth-order valence-electron chi connectivity index (χ4n) is 1.87. The van der Waals surface area contributed by atoms with Gasteiger partial charge in [0.05, 0.1) is 7.11 Å². The third-order valence-corrected chi connectivity index (χ3v) is 2.88. The maximum absolute atomic E-state index is 12.1. The van der Waals surface area contributed by atoms with Crippen molar-refractivity contribution in [2.24, 2.45) is 0 Å². The number of ether oxygens (including phenoxy) is 1. The Balaban J connectivity index is 1.94. The number of pyridine rings is 1. The second kappa shape index (κ2) is 5.48. The average molecular weight is 249 g/mol. The highest BCUT2D eigenvalue weighted by atomic mass is 16.5. The third kappa shape index (κ3) is 2.58. The Bertz CT molecular complexity index is 427. The van der Waals surface area contributed by atoms with Gasteiger partial charge in [0.15, 0.2) is 0 Å². The van der Waals surface area contributed by atoms with Crippen LogP contribution >= 0.6 is 0 Å². The van der Waals surface area contributed by atoms with Crippen molar-refractivity contribution in [2.45, 2.75) is 0 Å². The molecule has 0 aliphatic carbocycles. The third-order valence-electron chi connectivity index (χ3n) is 2.88. The number of nitrogens with zero attached hydrogens (tertiary/aromatic N) is 3. The lowest BCUT2D eigenvalue weighted by Crippen LogP contribution is -2.50. The minimum absolute atomic E-state index is 0.0971. The van der Waals surface area contributed by atoms with Gasteiger partial charge in [-0.2, -0.15) is 0 Å². The summed E-state index contributed by atoms with van der Waals surface area (Å²) in [6, 6.07) is 5.24. The van der Waals surface area contributed by atoms with E-state index in [1.807, 2.05) is 0 Å². The molecule has 0 radical (unpaired) electrons. The zero-order chi connectivity index (χ0) is 13.0. The molecule has 0 unspecified atom stereocenters. The minimum atomic E-state index is -0.347. The number of hydrogen-bond acceptors (Lipinski definition) is 4. The van der Waals surface area contributed by atoms with Crippen LogP contribution in [0, 0.1) is 0 Å². The van der Waals surface area contributed by atoms with Crippen LogP contribution in [-0.2, 0) is 4.74 Å². The largest absolute Gasteiger partial charge is 0.453 e. The molecule has 6 heteroatoms. The molecule has 2 amide bonds. The van der Waals surface area contributed by atoms with Gasteiger partial charge in [0.1, 0.15) is 5.69 Å². The predicted octanol–water partition coefficient (Wildman–Crippen LogP) is 0.606. The molecule has 0 N–H and O–H groups in total. The normalized spacial score (nSPS) is 15.4. The van der Waals surface area contributed by atoms with Gasteiger partial charge in [0.2, 0.25) is 0 Å². The number of hydrogen-bond donors (Lipinski definition) is 0. The molecule has 0 saturated carbocycles. The molecule has 1 aliphatic heterocycles. The van der Waals surface area contributed by atoms with E-state index < -0.39 is 0 Å². The lowest BCUT2D eigenvalue weighted by Gasteiger charge is -2.33. The van der Waals surface area contributed by atoms with Crippen molar-refractivity contribution in [2.75, 3.05) is 33.3 Å². The highest BCUT2D eigenvalue weighted by Crippen LogP contribution is 2.07. The monoisotopic (exact) mass is 249 g/mol. The first-order valence-corrected chi connectivity index (χ1v) is 5.75. The van der Waals surface area contributed by atoms with E-state index in [-0.39, 0.29) is 12.0 Å². The summed E-state index contributed by atoms with van der Waals surface area (Å²) in [6.07, 6.45) is 1.25. The van der Waals surface area contributed by atoms with Gasteiger partial charge in [-0.3, -0.25) is 9.78 Å². The number of methoxy groups -OCH3 is 1. The topological polar surface area (TPSA) is 62.7 Å². The zero-order valence-electron chi connectivity index (χ0n) is 10.2. The van der Waals surface area contributed by atoms with Crippen LogP contribution in [0.4, 0.5) is 4.79 Å². The molecule has 18 heavy (non-hydrogen) atoms. The van der Waals surface area contributed by atoms with E-state index in [9.17, 15) is 9.59 Å². The van der Waals surface area contributed by atoms with E-state index in [1.54, 1.807) is 34.2 Å². The molecule has 0 spiro atoms. The predicted molar refractivity (Wildman–Crippen MR) is 64.1 cm³/mol. The Morgan fingerprint density at radius 2 is 1.83 bits per heavy atom. The van der Waals surface area contributed by atoms with E-state index in [0.29, 0.717) is 31.9 Å². The molecule has 96 valence electrons. The fraction of sp³-hybridized carbons (Fsp3) is 0.417. The molecule has 0 atom stereocenters. The average Bonchev–Trinajstić information content (AvgIpc) is 2.47. The van der Waals surface area contributed by atoms with Crippen LogP contribution in [0.15, 0.2) is 24.4 Å². The maximum atomic E-state index is 12.1. The van der Waals surface area contributed by atoms with E-state index >= 15 is 0 Å². The van der Waals surface area contributed by atoms with Gasteiger partial charge in [-0.05, 0) is 12.1 Å².